The highest BCUT2D eigenvalue weighted by Gasteiger charge is 2.18. The molecule has 1 heterocycles. The Balaban J connectivity index is 1.60. The second-order valence-electron chi connectivity index (χ2n) is 7.11. The summed E-state index contributed by atoms with van der Waals surface area (Å²) in [6.45, 7) is 4.03. The smallest absolute Gasteiger partial charge is 0.234 e. The Morgan fingerprint density at radius 1 is 1.00 bits per heavy atom. The number of hydrogen-bond acceptors (Lipinski definition) is 4. The van der Waals surface area contributed by atoms with Crippen LogP contribution in [0.4, 0.5) is 5.69 Å². The number of aryl methyl sites for hydroxylation is 2. The van der Waals surface area contributed by atoms with Crippen LogP contribution in [-0.4, -0.2) is 26.4 Å². The highest BCUT2D eigenvalue weighted by Crippen LogP contribution is 2.32. The fourth-order valence-electron chi connectivity index (χ4n) is 3.26. The van der Waals surface area contributed by atoms with E-state index in [9.17, 15) is 4.79 Å². The van der Waals surface area contributed by atoms with Gasteiger partial charge in [-0.3, -0.25) is 9.36 Å². The van der Waals surface area contributed by atoms with Crippen LogP contribution in [0.3, 0.4) is 0 Å². The topological polar surface area (TPSA) is 59.8 Å². The van der Waals surface area contributed by atoms with Crippen molar-refractivity contribution in [3.63, 3.8) is 0 Å². The van der Waals surface area contributed by atoms with Crippen LogP contribution in [0, 0.1) is 13.8 Å². The quantitative estimate of drug-likeness (QED) is 0.333. The summed E-state index contributed by atoms with van der Waals surface area (Å²) in [4.78, 5) is 12.6. The number of benzene rings is 3. The molecule has 0 aliphatic heterocycles. The van der Waals surface area contributed by atoms with Crippen LogP contribution in [0.15, 0.2) is 82.4 Å². The summed E-state index contributed by atoms with van der Waals surface area (Å²) in [5.41, 5.74) is 4.91. The summed E-state index contributed by atoms with van der Waals surface area (Å²) < 4.78 is 2.92. The lowest BCUT2D eigenvalue weighted by Gasteiger charge is -2.12. The number of carbonyl (C=O) groups is 1. The molecular weight excluding hydrogens is 472 g/mol. The molecule has 0 radical (unpaired) electrons. The zero-order valence-corrected chi connectivity index (χ0v) is 19.6. The van der Waals surface area contributed by atoms with Gasteiger partial charge in [-0.2, -0.15) is 0 Å². The van der Waals surface area contributed by atoms with Crippen LogP contribution < -0.4 is 5.32 Å². The van der Waals surface area contributed by atoms with Crippen LogP contribution in [0.25, 0.3) is 17.1 Å². The molecule has 31 heavy (non-hydrogen) atoms. The number of halogens is 1. The maximum Gasteiger partial charge on any atom is 0.234 e. The molecule has 1 aromatic heterocycles. The zero-order valence-electron chi connectivity index (χ0n) is 17.2. The molecule has 0 aliphatic rings. The Morgan fingerprint density at radius 2 is 1.74 bits per heavy atom. The first-order chi connectivity index (χ1) is 15.0. The van der Waals surface area contributed by atoms with Gasteiger partial charge in [0, 0.05) is 21.4 Å². The van der Waals surface area contributed by atoms with Crippen LogP contribution in [0.5, 0.6) is 0 Å². The Hall–Kier alpha value is -2.90. The summed E-state index contributed by atoms with van der Waals surface area (Å²) in [5, 5.41) is 12.5. The summed E-state index contributed by atoms with van der Waals surface area (Å²) in [6, 6.07) is 23.8. The minimum Gasteiger partial charge on any atom is -0.325 e. The van der Waals surface area contributed by atoms with E-state index in [2.05, 4.69) is 37.5 Å². The normalized spacial score (nSPS) is 10.8. The van der Waals surface area contributed by atoms with Crippen molar-refractivity contribution in [3.05, 3.63) is 88.4 Å². The second-order valence-corrected chi connectivity index (χ2v) is 8.91. The second kappa shape index (κ2) is 9.49. The monoisotopic (exact) mass is 492 g/mol. The maximum atomic E-state index is 12.6. The molecule has 0 bridgehead atoms. The molecule has 4 rings (SSSR count). The first-order valence-electron chi connectivity index (χ1n) is 9.78. The fraction of sp³-hybridized carbons (Fsp3) is 0.125. The van der Waals surface area contributed by atoms with Gasteiger partial charge in [-0.05, 0) is 43.7 Å². The van der Waals surface area contributed by atoms with Gasteiger partial charge in [0.05, 0.1) is 5.75 Å². The van der Waals surface area contributed by atoms with Gasteiger partial charge < -0.3 is 5.32 Å². The predicted octanol–water partition coefficient (Wildman–Crippen LogP) is 6.04. The van der Waals surface area contributed by atoms with Gasteiger partial charge in [0.1, 0.15) is 0 Å². The van der Waals surface area contributed by atoms with E-state index < -0.39 is 0 Å². The van der Waals surface area contributed by atoms with E-state index in [1.165, 1.54) is 17.3 Å². The molecular formula is C24H21BrN4OS. The van der Waals surface area contributed by atoms with Crippen molar-refractivity contribution >= 4 is 39.3 Å². The molecule has 0 saturated heterocycles. The van der Waals surface area contributed by atoms with Crippen LogP contribution in [0.2, 0.25) is 0 Å². The number of carbonyl (C=O) groups excluding carboxylic acids is 1. The summed E-state index contributed by atoms with van der Waals surface area (Å²) >= 11 is 4.97. The minimum absolute atomic E-state index is 0.0815. The van der Waals surface area contributed by atoms with E-state index in [1.54, 1.807) is 0 Å². The number of thioether (sulfide) groups is 1. The third kappa shape index (κ3) is 4.89. The van der Waals surface area contributed by atoms with E-state index in [1.807, 2.05) is 85.1 Å². The standard InChI is InChI=1S/C24H21BrN4OS/c1-16-12-13-21(17(2)14-16)26-22(30)15-31-24-28-27-23(19-10-6-7-11-20(19)25)29(24)18-8-4-3-5-9-18/h3-14H,15H2,1-2H3,(H,26,30). The number of amides is 1. The Kier molecular flexibility index (Phi) is 6.53. The molecule has 0 aliphatic carbocycles. The van der Waals surface area contributed by atoms with Gasteiger partial charge in [0.2, 0.25) is 5.91 Å². The largest absolute Gasteiger partial charge is 0.325 e. The molecule has 0 unspecified atom stereocenters. The highest BCUT2D eigenvalue weighted by atomic mass is 79.9. The van der Waals surface area contributed by atoms with Crippen molar-refractivity contribution in [3.8, 4) is 17.1 Å². The number of hydrogen-bond donors (Lipinski definition) is 1. The SMILES string of the molecule is Cc1ccc(NC(=O)CSc2nnc(-c3ccccc3Br)n2-c2ccccc2)c(C)c1. The van der Waals surface area contributed by atoms with Crippen LogP contribution in [-0.2, 0) is 4.79 Å². The number of anilines is 1. The van der Waals surface area contributed by atoms with Gasteiger partial charge in [-0.15, -0.1) is 10.2 Å². The Morgan fingerprint density at radius 3 is 2.48 bits per heavy atom. The molecule has 0 fully saturated rings. The van der Waals surface area contributed by atoms with Crippen molar-refractivity contribution in [1.82, 2.24) is 14.8 Å². The zero-order chi connectivity index (χ0) is 21.8. The number of nitrogens with zero attached hydrogens (tertiary/aromatic N) is 3. The van der Waals surface area contributed by atoms with E-state index >= 15 is 0 Å². The van der Waals surface area contributed by atoms with Crippen molar-refractivity contribution in [2.75, 3.05) is 11.1 Å². The van der Waals surface area contributed by atoms with E-state index in [4.69, 9.17) is 0 Å². The van der Waals surface area contributed by atoms with E-state index in [0.717, 1.165) is 32.8 Å². The molecule has 1 N–H and O–H groups in total. The highest BCUT2D eigenvalue weighted by molar-refractivity contribution is 9.10. The lowest BCUT2D eigenvalue weighted by molar-refractivity contribution is -0.113. The van der Waals surface area contributed by atoms with Crippen molar-refractivity contribution in [1.29, 1.82) is 0 Å². The molecule has 3 aromatic carbocycles. The molecule has 156 valence electrons. The molecule has 0 spiro atoms. The molecule has 0 saturated carbocycles. The molecule has 7 heteroatoms. The average Bonchev–Trinajstić information content (AvgIpc) is 3.19. The number of para-hydroxylation sites is 1. The van der Waals surface area contributed by atoms with E-state index in [-0.39, 0.29) is 11.7 Å². The van der Waals surface area contributed by atoms with E-state index in [0.29, 0.717) is 5.16 Å². The third-order valence-electron chi connectivity index (χ3n) is 4.75. The Bertz CT molecular complexity index is 1220. The van der Waals surface area contributed by atoms with Gasteiger partial charge >= 0.3 is 0 Å². The Labute approximate surface area is 194 Å². The molecule has 1 amide bonds. The number of nitrogens with one attached hydrogen (secondary N) is 1. The van der Waals surface area contributed by atoms with Gasteiger partial charge in [-0.1, -0.05) is 81.8 Å². The van der Waals surface area contributed by atoms with Gasteiger partial charge in [0.25, 0.3) is 0 Å². The maximum absolute atomic E-state index is 12.6. The fourth-order valence-corrected chi connectivity index (χ4v) is 4.47. The minimum atomic E-state index is -0.0815. The van der Waals surface area contributed by atoms with Crippen molar-refractivity contribution < 1.29 is 4.79 Å². The first kappa shape index (κ1) is 21.3. The summed E-state index contributed by atoms with van der Waals surface area (Å²) in [5.74, 6) is 0.867. The lowest BCUT2D eigenvalue weighted by atomic mass is 10.1. The first-order valence-corrected chi connectivity index (χ1v) is 11.6. The number of aromatic nitrogens is 3. The number of rotatable bonds is 6. The molecule has 0 atom stereocenters. The van der Waals surface area contributed by atoms with Crippen LogP contribution >= 0.6 is 27.7 Å². The molecule has 5 nitrogen and oxygen atoms in total. The summed E-state index contributed by atoms with van der Waals surface area (Å²) in [7, 11) is 0. The average molecular weight is 493 g/mol. The van der Waals surface area contributed by atoms with Crippen molar-refractivity contribution in [2.45, 2.75) is 19.0 Å². The molecule has 4 aromatic rings. The van der Waals surface area contributed by atoms with Gasteiger partial charge in [-0.25, -0.2) is 0 Å². The van der Waals surface area contributed by atoms with Gasteiger partial charge in [0.15, 0.2) is 11.0 Å². The van der Waals surface area contributed by atoms with Crippen molar-refractivity contribution in [2.24, 2.45) is 0 Å². The predicted molar refractivity (Wildman–Crippen MR) is 130 cm³/mol. The summed E-state index contributed by atoms with van der Waals surface area (Å²) in [6.07, 6.45) is 0. The third-order valence-corrected chi connectivity index (χ3v) is 6.37. The van der Waals surface area contributed by atoms with Crippen LogP contribution in [0.1, 0.15) is 11.1 Å². The lowest BCUT2D eigenvalue weighted by Crippen LogP contribution is -2.15.